The van der Waals surface area contributed by atoms with Crippen LogP contribution in [0.4, 0.5) is 13.2 Å². The second kappa shape index (κ2) is 5.09. The van der Waals surface area contributed by atoms with Crippen molar-refractivity contribution in [3.63, 3.8) is 0 Å². The van der Waals surface area contributed by atoms with E-state index in [9.17, 15) is 23.1 Å². The summed E-state index contributed by atoms with van der Waals surface area (Å²) in [5, 5.41) is 9.53. The van der Waals surface area contributed by atoms with Crippen LogP contribution in [-0.2, 0) is 0 Å². The summed E-state index contributed by atoms with van der Waals surface area (Å²) in [7, 11) is 0. The molecule has 1 aromatic heterocycles. The van der Waals surface area contributed by atoms with Crippen molar-refractivity contribution >= 4 is 17.5 Å². The lowest BCUT2D eigenvalue weighted by molar-refractivity contribution is -0.0959. The third-order valence-electron chi connectivity index (χ3n) is 4.55. The van der Waals surface area contributed by atoms with Crippen molar-refractivity contribution in [3.05, 3.63) is 28.8 Å². The van der Waals surface area contributed by atoms with Gasteiger partial charge in [-0.15, -0.1) is 0 Å². The van der Waals surface area contributed by atoms with Crippen LogP contribution in [0, 0.1) is 5.82 Å². The highest BCUT2D eigenvalue weighted by Crippen LogP contribution is 2.49. The molecule has 0 aromatic carbocycles. The predicted octanol–water partition coefficient (Wildman–Crippen LogP) is 2.64. The Kier molecular flexibility index (Phi) is 3.60. The number of aromatic nitrogens is 1. The van der Waals surface area contributed by atoms with Gasteiger partial charge in [0, 0.05) is 0 Å². The first-order valence-electron chi connectivity index (χ1n) is 6.98. The number of aliphatic hydroxyl groups is 1. The fourth-order valence-electron chi connectivity index (χ4n) is 3.47. The summed E-state index contributed by atoms with van der Waals surface area (Å²) >= 11 is 5.55. The van der Waals surface area contributed by atoms with E-state index in [1.54, 1.807) is 0 Å². The van der Waals surface area contributed by atoms with Crippen LogP contribution < -0.4 is 0 Å². The van der Waals surface area contributed by atoms with Crippen LogP contribution in [0.1, 0.15) is 36.2 Å². The van der Waals surface area contributed by atoms with Gasteiger partial charge in [0.05, 0.1) is 12.1 Å². The van der Waals surface area contributed by atoms with E-state index in [2.05, 4.69) is 4.98 Å². The van der Waals surface area contributed by atoms with Gasteiger partial charge in [0.15, 0.2) is 11.0 Å². The molecule has 1 aliphatic heterocycles. The zero-order valence-corrected chi connectivity index (χ0v) is 12.3. The Morgan fingerprint density at radius 2 is 2.00 bits per heavy atom. The SMILES string of the molecule is O=C(c1ccc(F)c(Cl)n1)N1CC(F)(F)C(O)C12CCCC2. The molecule has 22 heavy (non-hydrogen) atoms. The summed E-state index contributed by atoms with van der Waals surface area (Å²) in [6.45, 7) is -0.871. The number of carbonyl (C=O) groups is 1. The minimum Gasteiger partial charge on any atom is -0.384 e. The Morgan fingerprint density at radius 1 is 1.36 bits per heavy atom. The maximum atomic E-state index is 14.0. The third-order valence-corrected chi connectivity index (χ3v) is 4.82. The molecule has 1 aliphatic carbocycles. The summed E-state index contributed by atoms with van der Waals surface area (Å²) in [5.41, 5.74) is -1.48. The van der Waals surface area contributed by atoms with Crippen molar-refractivity contribution in [2.45, 2.75) is 43.2 Å². The van der Waals surface area contributed by atoms with Gasteiger partial charge in [-0.05, 0) is 25.0 Å². The Balaban J connectivity index is 1.98. The molecule has 1 aromatic rings. The Morgan fingerprint density at radius 3 is 2.59 bits per heavy atom. The molecule has 2 fully saturated rings. The van der Waals surface area contributed by atoms with E-state index >= 15 is 0 Å². The third kappa shape index (κ3) is 2.18. The fourth-order valence-corrected chi connectivity index (χ4v) is 3.63. The maximum absolute atomic E-state index is 14.0. The summed E-state index contributed by atoms with van der Waals surface area (Å²) in [5.74, 6) is -4.93. The number of alkyl halides is 2. The largest absolute Gasteiger partial charge is 0.384 e. The monoisotopic (exact) mass is 334 g/mol. The summed E-state index contributed by atoms with van der Waals surface area (Å²) in [4.78, 5) is 17.1. The van der Waals surface area contributed by atoms with Crippen LogP contribution in [0.2, 0.25) is 5.15 Å². The number of amides is 1. The number of carbonyl (C=O) groups excluding carboxylic acids is 1. The van der Waals surface area contributed by atoms with Crippen LogP contribution in [0.25, 0.3) is 0 Å². The standard InChI is InChI=1S/C14H14ClF3N2O2/c15-10-8(16)3-4-9(19-10)11(21)20-7-14(17,18)12(22)13(20)5-1-2-6-13/h3-4,12,22H,1-2,5-7H2. The number of hydrogen-bond acceptors (Lipinski definition) is 3. The lowest BCUT2D eigenvalue weighted by Gasteiger charge is -2.36. The highest BCUT2D eigenvalue weighted by atomic mass is 35.5. The van der Waals surface area contributed by atoms with E-state index in [1.807, 2.05) is 0 Å². The molecule has 1 N–H and O–H groups in total. The van der Waals surface area contributed by atoms with Gasteiger partial charge in [0.1, 0.15) is 11.8 Å². The van der Waals surface area contributed by atoms with E-state index in [-0.39, 0.29) is 5.69 Å². The molecule has 1 atom stereocenters. The molecular formula is C14H14ClF3N2O2. The minimum absolute atomic E-state index is 0.206. The molecule has 1 unspecified atom stereocenters. The molecule has 1 spiro atoms. The first-order chi connectivity index (χ1) is 10.3. The molecule has 3 rings (SSSR count). The van der Waals surface area contributed by atoms with Gasteiger partial charge >= 0.3 is 0 Å². The van der Waals surface area contributed by atoms with E-state index < -0.39 is 41.0 Å². The number of hydrogen-bond donors (Lipinski definition) is 1. The quantitative estimate of drug-likeness (QED) is 0.803. The molecule has 1 amide bonds. The Bertz CT molecular complexity index is 620. The molecule has 1 saturated heterocycles. The first-order valence-corrected chi connectivity index (χ1v) is 7.36. The predicted molar refractivity (Wildman–Crippen MR) is 72.4 cm³/mol. The highest BCUT2D eigenvalue weighted by molar-refractivity contribution is 6.29. The van der Waals surface area contributed by atoms with Crippen LogP contribution in [0.5, 0.6) is 0 Å². The number of halogens is 4. The van der Waals surface area contributed by atoms with E-state index in [1.165, 1.54) is 0 Å². The Labute approximate surface area is 129 Å². The molecule has 2 aliphatic rings. The minimum atomic E-state index is -3.37. The van der Waals surface area contributed by atoms with Gasteiger partial charge < -0.3 is 10.0 Å². The van der Waals surface area contributed by atoms with Gasteiger partial charge in [-0.3, -0.25) is 4.79 Å². The van der Waals surface area contributed by atoms with Gasteiger partial charge in [-0.1, -0.05) is 24.4 Å². The summed E-state index contributed by atoms with van der Waals surface area (Å²) in [6, 6.07) is 2.07. The topological polar surface area (TPSA) is 53.4 Å². The van der Waals surface area contributed by atoms with Crippen LogP contribution >= 0.6 is 11.6 Å². The number of pyridine rings is 1. The van der Waals surface area contributed by atoms with Gasteiger partial charge in [-0.2, -0.15) is 0 Å². The van der Waals surface area contributed by atoms with Gasteiger partial charge in [-0.25, -0.2) is 18.2 Å². The van der Waals surface area contributed by atoms with Crippen molar-refractivity contribution in [1.29, 1.82) is 0 Å². The van der Waals surface area contributed by atoms with Gasteiger partial charge in [0.2, 0.25) is 0 Å². The molecule has 0 radical (unpaired) electrons. The number of aliphatic hydroxyl groups excluding tert-OH is 1. The van der Waals surface area contributed by atoms with E-state index in [0.29, 0.717) is 25.7 Å². The summed E-state index contributed by atoms with van der Waals surface area (Å²) in [6.07, 6.45) is 0.0418. The fraction of sp³-hybridized carbons (Fsp3) is 0.571. The van der Waals surface area contributed by atoms with Crippen molar-refractivity contribution in [3.8, 4) is 0 Å². The lowest BCUT2D eigenvalue weighted by Crippen LogP contribution is -2.52. The van der Waals surface area contributed by atoms with Gasteiger partial charge in [0.25, 0.3) is 11.8 Å². The van der Waals surface area contributed by atoms with Crippen LogP contribution in [0.15, 0.2) is 12.1 Å². The van der Waals surface area contributed by atoms with E-state index in [0.717, 1.165) is 17.0 Å². The number of likely N-dealkylation sites (tertiary alicyclic amines) is 1. The first kappa shape index (κ1) is 15.6. The van der Waals surface area contributed by atoms with Crippen molar-refractivity contribution in [2.75, 3.05) is 6.54 Å². The average Bonchev–Trinajstić information content (AvgIpc) is 3.02. The zero-order valence-electron chi connectivity index (χ0n) is 11.5. The lowest BCUT2D eigenvalue weighted by atomic mass is 9.90. The van der Waals surface area contributed by atoms with Crippen molar-refractivity contribution < 1.29 is 23.1 Å². The Hall–Kier alpha value is -1.34. The van der Waals surface area contributed by atoms with E-state index in [4.69, 9.17) is 11.6 Å². The molecule has 2 heterocycles. The molecule has 8 heteroatoms. The number of nitrogens with zero attached hydrogens (tertiary/aromatic N) is 2. The zero-order chi connectivity index (χ0) is 16.1. The van der Waals surface area contributed by atoms with Crippen LogP contribution in [0.3, 0.4) is 0 Å². The summed E-state index contributed by atoms with van der Waals surface area (Å²) < 4.78 is 41.0. The second-order valence-corrected chi connectivity index (χ2v) is 6.19. The smallest absolute Gasteiger partial charge is 0.292 e. The molecule has 0 bridgehead atoms. The molecule has 120 valence electrons. The van der Waals surface area contributed by atoms with Crippen LogP contribution in [-0.4, -0.2) is 45.0 Å². The highest BCUT2D eigenvalue weighted by Gasteiger charge is 2.64. The average molecular weight is 335 g/mol. The van der Waals surface area contributed by atoms with Crippen molar-refractivity contribution in [2.24, 2.45) is 0 Å². The normalized spacial score (nSPS) is 25.9. The second-order valence-electron chi connectivity index (χ2n) is 5.83. The van der Waals surface area contributed by atoms with Crippen molar-refractivity contribution in [1.82, 2.24) is 9.88 Å². The maximum Gasteiger partial charge on any atom is 0.292 e. The molecular weight excluding hydrogens is 321 g/mol. The molecule has 4 nitrogen and oxygen atoms in total. The number of rotatable bonds is 1. The molecule has 1 saturated carbocycles.